The first-order valence-corrected chi connectivity index (χ1v) is 9.08. The minimum Gasteiger partial charge on any atom is -0.490 e. The van der Waals surface area contributed by atoms with Crippen LogP contribution in [0.5, 0.6) is 11.5 Å². The van der Waals surface area contributed by atoms with Gasteiger partial charge >= 0.3 is 0 Å². The highest BCUT2D eigenvalue weighted by molar-refractivity contribution is 7.10. The number of ether oxygens (including phenoxy) is 2. The molecule has 1 aromatic heterocycles. The minimum absolute atomic E-state index is 0.0130. The Balaban J connectivity index is 1.73. The molecule has 2 aromatic rings. The van der Waals surface area contributed by atoms with E-state index in [1.165, 1.54) is 11.5 Å². The summed E-state index contributed by atoms with van der Waals surface area (Å²) >= 11 is 7.15. The van der Waals surface area contributed by atoms with Crippen LogP contribution < -0.4 is 14.8 Å². The molecule has 1 aliphatic rings. The van der Waals surface area contributed by atoms with Crippen LogP contribution in [0.2, 0.25) is 5.15 Å². The number of hydrogen-bond donors (Lipinski definition) is 1. The first-order chi connectivity index (χ1) is 11.7. The van der Waals surface area contributed by atoms with Crippen molar-refractivity contribution in [2.75, 3.05) is 11.9 Å². The highest BCUT2D eigenvalue weighted by Gasteiger charge is 2.31. The topological polar surface area (TPSA) is 67.2 Å². The second-order valence-corrected chi connectivity index (χ2v) is 6.64. The van der Waals surface area contributed by atoms with Crippen molar-refractivity contribution in [3.63, 3.8) is 0 Å². The summed E-state index contributed by atoms with van der Waals surface area (Å²) < 4.78 is 15.9. The van der Waals surface area contributed by atoms with Gasteiger partial charge in [-0.05, 0) is 49.9 Å². The highest BCUT2D eigenvalue weighted by Crippen LogP contribution is 2.35. The normalized spacial score (nSPS) is 19.7. The van der Waals surface area contributed by atoms with Gasteiger partial charge in [0.05, 0.1) is 12.6 Å². The molecule has 0 aliphatic heterocycles. The van der Waals surface area contributed by atoms with Gasteiger partial charge in [0.15, 0.2) is 16.7 Å². The van der Waals surface area contributed by atoms with Gasteiger partial charge < -0.3 is 14.8 Å². The molecule has 1 heterocycles. The van der Waals surface area contributed by atoms with Crippen LogP contribution in [0.4, 0.5) is 5.00 Å². The van der Waals surface area contributed by atoms with E-state index in [-0.39, 0.29) is 17.3 Å². The van der Waals surface area contributed by atoms with Crippen molar-refractivity contribution < 1.29 is 9.47 Å². The Labute approximate surface area is 150 Å². The maximum Gasteiger partial charge on any atom is 0.162 e. The van der Waals surface area contributed by atoms with Crippen LogP contribution in [0.15, 0.2) is 24.3 Å². The third-order valence-electron chi connectivity index (χ3n) is 3.96. The van der Waals surface area contributed by atoms with Crippen molar-refractivity contribution in [3.8, 4) is 17.6 Å². The molecule has 0 spiro atoms. The summed E-state index contributed by atoms with van der Waals surface area (Å²) in [6, 6.07) is 9.91. The SMILES string of the molecule is CCOc1ccccc1O[C@@H]1CCC[C@@H]1Nc1snc(Cl)c1C#N. The first-order valence-electron chi connectivity index (χ1n) is 7.93. The Morgan fingerprint density at radius 3 is 2.92 bits per heavy atom. The van der Waals surface area contributed by atoms with Gasteiger partial charge in [0, 0.05) is 0 Å². The van der Waals surface area contributed by atoms with Gasteiger partial charge in [0.1, 0.15) is 22.7 Å². The van der Waals surface area contributed by atoms with Gasteiger partial charge in [-0.2, -0.15) is 9.64 Å². The molecule has 126 valence electrons. The lowest BCUT2D eigenvalue weighted by Crippen LogP contribution is -2.33. The Hall–Kier alpha value is -1.97. The summed E-state index contributed by atoms with van der Waals surface area (Å²) in [5, 5.41) is 13.6. The lowest BCUT2D eigenvalue weighted by molar-refractivity contribution is 0.187. The van der Waals surface area contributed by atoms with E-state index in [2.05, 4.69) is 15.8 Å². The number of halogens is 1. The summed E-state index contributed by atoms with van der Waals surface area (Å²) in [5.74, 6) is 1.50. The molecule has 1 fully saturated rings. The van der Waals surface area contributed by atoms with E-state index in [1.807, 2.05) is 31.2 Å². The molecule has 0 unspecified atom stereocenters. The average Bonchev–Trinajstić information content (AvgIpc) is 3.16. The Morgan fingerprint density at radius 1 is 1.38 bits per heavy atom. The minimum atomic E-state index is 0.0130. The third kappa shape index (κ3) is 3.58. The van der Waals surface area contributed by atoms with Crippen LogP contribution in [-0.4, -0.2) is 23.1 Å². The van der Waals surface area contributed by atoms with Crippen LogP contribution in [0.3, 0.4) is 0 Å². The molecule has 0 bridgehead atoms. The summed E-state index contributed by atoms with van der Waals surface area (Å²) in [4.78, 5) is 0. The summed E-state index contributed by atoms with van der Waals surface area (Å²) in [7, 11) is 0. The van der Waals surface area contributed by atoms with Gasteiger partial charge in [-0.25, -0.2) is 0 Å². The second-order valence-electron chi connectivity index (χ2n) is 5.51. The molecule has 1 aliphatic carbocycles. The van der Waals surface area contributed by atoms with Gasteiger partial charge in [0.25, 0.3) is 0 Å². The Bertz CT molecular complexity index is 744. The first kappa shape index (κ1) is 16.9. The van der Waals surface area contributed by atoms with Crippen molar-refractivity contribution in [1.29, 1.82) is 5.26 Å². The van der Waals surface area contributed by atoms with Gasteiger partial charge in [-0.15, -0.1) is 0 Å². The Kier molecular flexibility index (Phi) is 5.44. The number of hydrogen-bond acceptors (Lipinski definition) is 6. The van der Waals surface area contributed by atoms with Gasteiger partial charge in [-0.1, -0.05) is 23.7 Å². The van der Waals surface area contributed by atoms with E-state index in [1.54, 1.807) is 0 Å². The molecule has 2 atom stereocenters. The van der Waals surface area contributed by atoms with Crippen LogP contribution in [0, 0.1) is 11.3 Å². The summed E-state index contributed by atoms with van der Waals surface area (Å²) in [6.45, 7) is 2.55. The van der Waals surface area contributed by atoms with Crippen LogP contribution in [-0.2, 0) is 0 Å². The molecule has 1 N–H and O–H groups in total. The molecule has 5 nitrogen and oxygen atoms in total. The number of aromatic nitrogens is 1. The molecule has 1 saturated carbocycles. The predicted octanol–water partition coefficient (Wildman–Crippen LogP) is 4.48. The van der Waals surface area contributed by atoms with E-state index in [9.17, 15) is 5.26 Å². The molecular weight excluding hydrogens is 346 g/mol. The van der Waals surface area contributed by atoms with Crippen molar-refractivity contribution in [1.82, 2.24) is 4.37 Å². The predicted molar refractivity (Wildman–Crippen MR) is 95.1 cm³/mol. The maximum atomic E-state index is 9.20. The van der Waals surface area contributed by atoms with Gasteiger partial charge in [0.2, 0.25) is 0 Å². The van der Waals surface area contributed by atoms with Crippen LogP contribution in [0.1, 0.15) is 31.7 Å². The fourth-order valence-corrected chi connectivity index (χ4v) is 3.85. The van der Waals surface area contributed by atoms with Crippen molar-refractivity contribution in [2.24, 2.45) is 0 Å². The van der Waals surface area contributed by atoms with E-state index in [0.29, 0.717) is 17.2 Å². The zero-order valence-corrected chi connectivity index (χ0v) is 14.9. The Morgan fingerprint density at radius 2 is 2.17 bits per heavy atom. The fourth-order valence-electron chi connectivity index (χ4n) is 2.85. The van der Waals surface area contributed by atoms with Crippen molar-refractivity contribution in [3.05, 3.63) is 35.0 Å². The molecule has 24 heavy (non-hydrogen) atoms. The number of benzene rings is 1. The monoisotopic (exact) mass is 363 g/mol. The quantitative estimate of drug-likeness (QED) is 0.819. The molecule has 0 amide bonds. The molecule has 3 rings (SSSR count). The summed E-state index contributed by atoms with van der Waals surface area (Å²) in [6.07, 6.45) is 3.00. The lowest BCUT2D eigenvalue weighted by atomic mass is 10.2. The van der Waals surface area contributed by atoms with Crippen LogP contribution in [0.25, 0.3) is 0 Å². The molecular formula is C17H18ClN3O2S. The van der Waals surface area contributed by atoms with E-state index < -0.39 is 0 Å². The smallest absolute Gasteiger partial charge is 0.162 e. The van der Waals surface area contributed by atoms with E-state index >= 15 is 0 Å². The second kappa shape index (κ2) is 7.73. The largest absolute Gasteiger partial charge is 0.490 e. The van der Waals surface area contributed by atoms with Gasteiger partial charge in [-0.3, -0.25) is 0 Å². The number of para-hydroxylation sites is 2. The summed E-state index contributed by atoms with van der Waals surface area (Å²) in [5.41, 5.74) is 0.405. The fraction of sp³-hybridized carbons (Fsp3) is 0.412. The molecule has 0 radical (unpaired) electrons. The maximum absolute atomic E-state index is 9.20. The molecule has 0 saturated heterocycles. The number of nitrogens with zero attached hydrogens (tertiary/aromatic N) is 2. The van der Waals surface area contributed by atoms with Crippen LogP contribution >= 0.6 is 23.1 Å². The zero-order chi connectivity index (χ0) is 16.9. The lowest BCUT2D eigenvalue weighted by Gasteiger charge is -2.23. The standard InChI is InChI=1S/C17H18ClN3O2S/c1-2-22-14-7-3-4-8-15(14)23-13-9-5-6-12(13)20-17-11(10-19)16(18)21-24-17/h3-4,7-8,12-13,20H,2,5-6,9H2,1H3/t12-,13+/m0/s1. The highest BCUT2D eigenvalue weighted by atomic mass is 35.5. The van der Waals surface area contributed by atoms with Crippen molar-refractivity contribution >= 4 is 28.1 Å². The van der Waals surface area contributed by atoms with Crippen molar-refractivity contribution in [2.45, 2.75) is 38.3 Å². The third-order valence-corrected chi connectivity index (χ3v) is 5.11. The number of nitriles is 1. The number of anilines is 1. The zero-order valence-electron chi connectivity index (χ0n) is 13.3. The average molecular weight is 364 g/mol. The molecule has 7 heteroatoms. The number of nitrogens with one attached hydrogen (secondary N) is 1. The molecule has 1 aromatic carbocycles. The van der Waals surface area contributed by atoms with E-state index in [0.717, 1.165) is 30.8 Å². The number of rotatable bonds is 6. The van der Waals surface area contributed by atoms with E-state index in [4.69, 9.17) is 21.1 Å².